The predicted octanol–water partition coefficient (Wildman–Crippen LogP) is 5.42. The van der Waals surface area contributed by atoms with Gasteiger partial charge in [0.25, 0.3) is 0 Å². The van der Waals surface area contributed by atoms with Crippen LogP contribution in [0.1, 0.15) is 82.2 Å². The van der Waals surface area contributed by atoms with Crippen molar-refractivity contribution in [1.29, 1.82) is 0 Å². The minimum absolute atomic E-state index is 0.00846. The molecular formula is C24H32O4. The van der Waals surface area contributed by atoms with Gasteiger partial charge in [-0.3, -0.25) is 4.79 Å². The van der Waals surface area contributed by atoms with Crippen LogP contribution in [0.2, 0.25) is 0 Å². The summed E-state index contributed by atoms with van der Waals surface area (Å²) in [5.74, 6) is 3.17. The zero-order valence-electron chi connectivity index (χ0n) is 17.1. The molecule has 4 fully saturated rings. The molecular weight excluding hydrogens is 352 g/mol. The van der Waals surface area contributed by atoms with Gasteiger partial charge in [-0.1, -0.05) is 13.8 Å². The summed E-state index contributed by atoms with van der Waals surface area (Å²) in [6, 6.07) is 3.39. The Balaban J connectivity index is 1.30. The number of furan rings is 1. The van der Waals surface area contributed by atoms with Crippen LogP contribution in [0.15, 0.2) is 22.8 Å². The number of rotatable bonds is 2. The summed E-state index contributed by atoms with van der Waals surface area (Å²) in [7, 11) is 0. The summed E-state index contributed by atoms with van der Waals surface area (Å²) in [5, 5.41) is 0. The fraction of sp³-hybridized carbons (Fsp3) is 0.750. The molecule has 5 rings (SSSR count). The van der Waals surface area contributed by atoms with Gasteiger partial charge in [0.1, 0.15) is 11.9 Å². The molecule has 0 bridgehead atoms. The number of ether oxygens (including phenoxy) is 1. The van der Waals surface area contributed by atoms with Crippen molar-refractivity contribution in [3.63, 3.8) is 0 Å². The van der Waals surface area contributed by atoms with Gasteiger partial charge in [-0.15, -0.1) is 0 Å². The normalized spacial score (nSPS) is 45.1. The summed E-state index contributed by atoms with van der Waals surface area (Å²) in [6.45, 7) is 4.75. The number of fused-ring (bicyclic) bond motifs is 5. The number of ketones is 1. The van der Waals surface area contributed by atoms with Gasteiger partial charge >= 0.3 is 5.97 Å². The zero-order valence-corrected chi connectivity index (χ0v) is 17.1. The van der Waals surface area contributed by atoms with Gasteiger partial charge in [-0.05, 0) is 92.6 Å². The van der Waals surface area contributed by atoms with Crippen molar-refractivity contribution in [2.24, 2.45) is 34.5 Å². The monoisotopic (exact) mass is 384 g/mol. The summed E-state index contributed by atoms with van der Waals surface area (Å²) in [6.07, 6.45) is 11.2. The standard InChI is InChI=1S/C24H32O4/c1-23-11-9-16(28-22(26)20-4-3-13-27-20)14-15(23)5-6-17-18-7-8-21(25)24(18,2)12-10-19(17)23/h3-4,13,15-19H,5-12,14H2,1-2H3/t15-,16?,17?,18?,19?,23?,24?/m0/s1. The van der Waals surface area contributed by atoms with E-state index in [-0.39, 0.29) is 17.5 Å². The Morgan fingerprint density at radius 3 is 2.75 bits per heavy atom. The van der Waals surface area contributed by atoms with Crippen LogP contribution < -0.4 is 0 Å². The molecule has 4 aliphatic carbocycles. The summed E-state index contributed by atoms with van der Waals surface area (Å²) >= 11 is 0. The van der Waals surface area contributed by atoms with Crippen LogP contribution in [-0.4, -0.2) is 17.9 Å². The molecule has 4 aliphatic rings. The maximum atomic E-state index is 12.6. The highest BCUT2D eigenvalue weighted by molar-refractivity contribution is 5.87. The lowest BCUT2D eigenvalue weighted by molar-refractivity contribution is -0.142. The molecule has 1 heterocycles. The average molecular weight is 385 g/mol. The SMILES string of the molecule is CC12CCC3C(CC[C@H]4CC(OC(=O)c5ccco5)CCC34C)C1CCC2=O. The van der Waals surface area contributed by atoms with Gasteiger partial charge in [0, 0.05) is 11.8 Å². The van der Waals surface area contributed by atoms with E-state index in [1.54, 1.807) is 12.1 Å². The van der Waals surface area contributed by atoms with Crippen LogP contribution in [0.4, 0.5) is 0 Å². The van der Waals surface area contributed by atoms with Gasteiger partial charge in [0.05, 0.1) is 6.26 Å². The molecule has 0 N–H and O–H groups in total. The lowest BCUT2D eigenvalue weighted by Gasteiger charge is -2.60. The van der Waals surface area contributed by atoms with E-state index in [4.69, 9.17) is 9.15 Å². The van der Waals surface area contributed by atoms with Crippen molar-refractivity contribution in [1.82, 2.24) is 0 Å². The molecule has 0 radical (unpaired) electrons. The first kappa shape index (κ1) is 18.4. The number of hydrogen-bond donors (Lipinski definition) is 0. The highest BCUT2D eigenvalue weighted by atomic mass is 16.6. The molecule has 0 spiro atoms. The Morgan fingerprint density at radius 2 is 1.96 bits per heavy atom. The van der Waals surface area contributed by atoms with E-state index in [0.29, 0.717) is 34.7 Å². The van der Waals surface area contributed by atoms with Crippen LogP contribution in [0.3, 0.4) is 0 Å². The van der Waals surface area contributed by atoms with E-state index in [9.17, 15) is 9.59 Å². The van der Waals surface area contributed by atoms with Crippen molar-refractivity contribution in [2.75, 3.05) is 0 Å². The Kier molecular flexibility index (Phi) is 4.26. The molecule has 152 valence electrons. The molecule has 4 heteroatoms. The predicted molar refractivity (Wildman–Crippen MR) is 105 cm³/mol. The van der Waals surface area contributed by atoms with Crippen LogP contribution in [0.5, 0.6) is 0 Å². The van der Waals surface area contributed by atoms with Gasteiger partial charge in [0.2, 0.25) is 5.76 Å². The maximum absolute atomic E-state index is 12.6. The first-order valence-corrected chi connectivity index (χ1v) is 11.2. The molecule has 0 aliphatic heterocycles. The van der Waals surface area contributed by atoms with Gasteiger partial charge in [-0.25, -0.2) is 4.79 Å². The lowest BCUT2D eigenvalue weighted by Crippen LogP contribution is -2.54. The first-order valence-electron chi connectivity index (χ1n) is 11.2. The fourth-order valence-electron chi connectivity index (χ4n) is 7.70. The summed E-state index contributed by atoms with van der Waals surface area (Å²) in [5.41, 5.74) is 0.295. The Hall–Kier alpha value is -1.58. The quantitative estimate of drug-likeness (QED) is 0.639. The summed E-state index contributed by atoms with van der Waals surface area (Å²) < 4.78 is 11.0. The highest BCUT2D eigenvalue weighted by Gasteiger charge is 2.60. The van der Waals surface area contributed by atoms with Crippen LogP contribution in [-0.2, 0) is 9.53 Å². The second-order valence-corrected chi connectivity index (χ2v) is 10.4. The lowest BCUT2D eigenvalue weighted by atomic mass is 9.45. The van der Waals surface area contributed by atoms with Gasteiger partial charge in [-0.2, -0.15) is 0 Å². The maximum Gasteiger partial charge on any atom is 0.374 e. The van der Waals surface area contributed by atoms with Gasteiger partial charge in [0.15, 0.2) is 0 Å². The van der Waals surface area contributed by atoms with E-state index in [1.165, 1.54) is 25.5 Å². The minimum Gasteiger partial charge on any atom is -0.457 e. The minimum atomic E-state index is -0.329. The number of carbonyl (C=O) groups is 2. The third-order valence-corrected chi connectivity index (χ3v) is 9.32. The van der Waals surface area contributed by atoms with Crippen LogP contribution in [0, 0.1) is 34.5 Å². The molecule has 7 atom stereocenters. The molecule has 1 aromatic heterocycles. The molecule has 0 aromatic carbocycles. The smallest absolute Gasteiger partial charge is 0.374 e. The zero-order chi connectivity index (χ0) is 19.5. The molecule has 28 heavy (non-hydrogen) atoms. The van der Waals surface area contributed by atoms with Crippen molar-refractivity contribution < 1.29 is 18.7 Å². The van der Waals surface area contributed by atoms with Crippen molar-refractivity contribution in [3.05, 3.63) is 24.2 Å². The molecule has 0 amide bonds. The molecule has 4 saturated carbocycles. The Labute approximate surface area is 167 Å². The molecule has 6 unspecified atom stereocenters. The number of hydrogen-bond acceptors (Lipinski definition) is 4. The summed E-state index contributed by atoms with van der Waals surface area (Å²) in [4.78, 5) is 24.8. The largest absolute Gasteiger partial charge is 0.457 e. The second kappa shape index (κ2) is 6.47. The van der Waals surface area contributed by atoms with E-state index < -0.39 is 0 Å². The van der Waals surface area contributed by atoms with Crippen molar-refractivity contribution in [3.8, 4) is 0 Å². The highest BCUT2D eigenvalue weighted by Crippen LogP contribution is 2.65. The van der Waals surface area contributed by atoms with E-state index in [2.05, 4.69) is 13.8 Å². The average Bonchev–Trinajstić information content (AvgIpc) is 3.31. The topological polar surface area (TPSA) is 56.5 Å². The molecule has 4 nitrogen and oxygen atoms in total. The third kappa shape index (κ3) is 2.63. The van der Waals surface area contributed by atoms with E-state index in [1.807, 2.05) is 0 Å². The van der Waals surface area contributed by atoms with E-state index >= 15 is 0 Å². The van der Waals surface area contributed by atoms with Crippen LogP contribution in [0.25, 0.3) is 0 Å². The van der Waals surface area contributed by atoms with Crippen molar-refractivity contribution >= 4 is 11.8 Å². The number of Topliss-reactive ketones (excluding diaryl/α,β-unsaturated/α-hetero) is 1. The van der Waals surface area contributed by atoms with Gasteiger partial charge < -0.3 is 9.15 Å². The number of carbonyl (C=O) groups excluding carboxylic acids is 2. The number of esters is 1. The van der Waals surface area contributed by atoms with Crippen molar-refractivity contribution in [2.45, 2.75) is 77.7 Å². The van der Waals surface area contributed by atoms with E-state index in [0.717, 1.165) is 44.4 Å². The fourth-order valence-corrected chi connectivity index (χ4v) is 7.70. The van der Waals surface area contributed by atoms with Crippen LogP contribution >= 0.6 is 0 Å². The first-order chi connectivity index (χ1) is 13.4. The third-order valence-electron chi connectivity index (χ3n) is 9.32. The molecule has 0 saturated heterocycles. The molecule has 1 aromatic rings. The second-order valence-electron chi connectivity index (χ2n) is 10.4. The Bertz CT molecular complexity index is 768. The Morgan fingerprint density at radius 1 is 1.11 bits per heavy atom.